The van der Waals surface area contributed by atoms with Crippen LogP contribution < -0.4 is 0 Å². The van der Waals surface area contributed by atoms with Crippen LogP contribution in [0.1, 0.15) is 43.7 Å². The minimum atomic E-state index is -0.401. The van der Waals surface area contributed by atoms with Crippen LogP contribution in [0.15, 0.2) is 28.9 Å². The van der Waals surface area contributed by atoms with E-state index in [4.69, 9.17) is 9.15 Å². The number of furan rings is 1. The van der Waals surface area contributed by atoms with E-state index in [9.17, 15) is 9.59 Å². The summed E-state index contributed by atoms with van der Waals surface area (Å²) < 4.78 is 10.7. The largest absolute Gasteiger partial charge is 0.464 e. The number of rotatable bonds is 5. The summed E-state index contributed by atoms with van der Waals surface area (Å²) in [7, 11) is 0. The summed E-state index contributed by atoms with van der Waals surface area (Å²) in [5, 5.41) is 0.913. The molecule has 2 heterocycles. The van der Waals surface area contributed by atoms with Crippen LogP contribution in [0.25, 0.3) is 11.0 Å². The molecule has 134 valence electrons. The topological polar surface area (TPSA) is 59.8 Å². The second-order valence-electron chi connectivity index (χ2n) is 6.74. The molecule has 2 aromatic rings. The van der Waals surface area contributed by atoms with Gasteiger partial charge in [-0.1, -0.05) is 19.1 Å². The summed E-state index contributed by atoms with van der Waals surface area (Å²) in [4.78, 5) is 26.3. The number of benzene rings is 1. The first-order chi connectivity index (χ1) is 12.1. The Labute approximate surface area is 147 Å². The summed E-state index contributed by atoms with van der Waals surface area (Å²) in [6.45, 7) is 4.67. The lowest BCUT2D eigenvalue weighted by atomic mass is 10.00. The van der Waals surface area contributed by atoms with Crippen LogP contribution in [0, 0.1) is 6.92 Å². The first-order valence-corrected chi connectivity index (χ1v) is 9.00. The molecule has 1 amide bonds. The van der Waals surface area contributed by atoms with Crippen molar-refractivity contribution in [1.29, 1.82) is 0 Å². The number of hydrogen-bond acceptors (Lipinski definition) is 4. The molecule has 1 fully saturated rings. The molecule has 1 atom stereocenters. The molecule has 25 heavy (non-hydrogen) atoms. The maximum absolute atomic E-state index is 12.4. The highest BCUT2D eigenvalue weighted by Gasteiger charge is 2.26. The predicted molar refractivity (Wildman–Crippen MR) is 95.3 cm³/mol. The normalized spacial score (nSPS) is 17.7. The number of fused-ring (bicyclic) bond motifs is 1. The highest BCUT2D eigenvalue weighted by Crippen LogP contribution is 2.23. The Morgan fingerprint density at radius 2 is 2.16 bits per heavy atom. The first-order valence-electron chi connectivity index (χ1n) is 9.00. The highest BCUT2D eigenvalue weighted by atomic mass is 16.5. The molecular formula is C20H25NO4. The Kier molecular flexibility index (Phi) is 5.41. The van der Waals surface area contributed by atoms with Crippen molar-refractivity contribution in [2.75, 3.05) is 13.2 Å². The summed E-state index contributed by atoms with van der Waals surface area (Å²) in [6.07, 6.45) is 5.87. The second-order valence-corrected chi connectivity index (χ2v) is 6.74. The fourth-order valence-electron chi connectivity index (χ4n) is 3.51. The van der Waals surface area contributed by atoms with Crippen molar-refractivity contribution in [3.63, 3.8) is 0 Å². The van der Waals surface area contributed by atoms with Gasteiger partial charge in [0.15, 0.2) is 6.61 Å². The van der Waals surface area contributed by atoms with E-state index >= 15 is 0 Å². The zero-order valence-electron chi connectivity index (χ0n) is 14.9. The van der Waals surface area contributed by atoms with E-state index in [1.807, 2.05) is 30.0 Å². The smallest absolute Gasteiger partial charge is 0.310 e. The number of amides is 1. The average Bonchev–Trinajstić information content (AvgIpc) is 3.01. The molecule has 1 aliphatic rings. The maximum atomic E-state index is 12.4. The predicted octanol–water partition coefficient (Wildman–Crippen LogP) is 3.62. The van der Waals surface area contributed by atoms with E-state index in [1.54, 1.807) is 6.26 Å². The van der Waals surface area contributed by atoms with Gasteiger partial charge in [-0.3, -0.25) is 9.59 Å². The zero-order chi connectivity index (χ0) is 17.8. The van der Waals surface area contributed by atoms with E-state index in [0.29, 0.717) is 0 Å². The Hall–Kier alpha value is -2.30. The van der Waals surface area contributed by atoms with Gasteiger partial charge in [-0.05, 0) is 44.2 Å². The van der Waals surface area contributed by atoms with E-state index < -0.39 is 5.97 Å². The minimum Gasteiger partial charge on any atom is -0.464 e. The molecule has 0 aliphatic carbocycles. The summed E-state index contributed by atoms with van der Waals surface area (Å²) in [6, 6.07) is 6.15. The third kappa shape index (κ3) is 4.03. The molecule has 0 bridgehead atoms. The molecule has 1 aromatic heterocycles. The number of carbonyl (C=O) groups is 2. The van der Waals surface area contributed by atoms with Crippen molar-refractivity contribution in [3.8, 4) is 0 Å². The van der Waals surface area contributed by atoms with Gasteiger partial charge in [0, 0.05) is 23.5 Å². The van der Waals surface area contributed by atoms with Crippen molar-refractivity contribution >= 4 is 22.8 Å². The van der Waals surface area contributed by atoms with Crippen molar-refractivity contribution in [1.82, 2.24) is 4.90 Å². The van der Waals surface area contributed by atoms with Crippen molar-refractivity contribution in [3.05, 3.63) is 35.6 Å². The molecular weight excluding hydrogens is 318 g/mol. The molecule has 5 heteroatoms. The number of likely N-dealkylation sites (tertiary alicyclic amines) is 1. The maximum Gasteiger partial charge on any atom is 0.310 e. The number of esters is 1. The SMILES string of the molecule is CCC1CCCCN1C(=O)COC(=O)Cc1coc2cc(C)ccc12. The fourth-order valence-corrected chi connectivity index (χ4v) is 3.51. The molecule has 5 nitrogen and oxygen atoms in total. The number of aryl methyl sites for hydroxylation is 1. The summed E-state index contributed by atoms with van der Waals surface area (Å²) in [5.74, 6) is -0.491. The monoisotopic (exact) mass is 343 g/mol. The van der Waals surface area contributed by atoms with Gasteiger partial charge < -0.3 is 14.1 Å². The van der Waals surface area contributed by atoms with Crippen molar-refractivity contribution < 1.29 is 18.7 Å². The van der Waals surface area contributed by atoms with Crippen LogP contribution in [0.3, 0.4) is 0 Å². The summed E-state index contributed by atoms with van der Waals surface area (Å²) >= 11 is 0. The third-order valence-corrected chi connectivity index (χ3v) is 4.92. The molecule has 0 radical (unpaired) electrons. The molecule has 0 saturated carbocycles. The zero-order valence-corrected chi connectivity index (χ0v) is 14.9. The lowest BCUT2D eigenvalue weighted by Crippen LogP contribution is -2.45. The van der Waals surface area contributed by atoms with Gasteiger partial charge in [0.2, 0.25) is 0 Å². The van der Waals surface area contributed by atoms with E-state index in [-0.39, 0.29) is 25.0 Å². The van der Waals surface area contributed by atoms with Gasteiger partial charge in [0.05, 0.1) is 12.7 Å². The number of ether oxygens (including phenoxy) is 1. The number of piperidine rings is 1. The van der Waals surface area contributed by atoms with Gasteiger partial charge in [-0.15, -0.1) is 0 Å². The lowest BCUT2D eigenvalue weighted by molar-refractivity contribution is -0.153. The van der Waals surface area contributed by atoms with Gasteiger partial charge >= 0.3 is 5.97 Å². The van der Waals surface area contributed by atoms with Crippen LogP contribution in [0.5, 0.6) is 0 Å². The number of nitrogens with zero attached hydrogens (tertiary/aromatic N) is 1. The number of hydrogen-bond donors (Lipinski definition) is 0. The van der Waals surface area contributed by atoms with Gasteiger partial charge in [0.1, 0.15) is 5.58 Å². The van der Waals surface area contributed by atoms with Crippen molar-refractivity contribution in [2.24, 2.45) is 0 Å². The molecule has 3 rings (SSSR count). The van der Waals surface area contributed by atoms with Crippen LogP contribution in [0.2, 0.25) is 0 Å². The Morgan fingerprint density at radius 1 is 1.32 bits per heavy atom. The molecule has 0 N–H and O–H groups in total. The molecule has 0 spiro atoms. The van der Waals surface area contributed by atoms with Gasteiger partial charge in [0.25, 0.3) is 5.91 Å². The average molecular weight is 343 g/mol. The fraction of sp³-hybridized carbons (Fsp3) is 0.500. The van der Waals surface area contributed by atoms with Crippen LogP contribution in [0.4, 0.5) is 0 Å². The quantitative estimate of drug-likeness (QED) is 0.778. The second kappa shape index (κ2) is 7.72. The molecule has 1 aliphatic heterocycles. The van der Waals surface area contributed by atoms with E-state index in [1.165, 1.54) is 0 Å². The van der Waals surface area contributed by atoms with E-state index in [2.05, 4.69) is 6.92 Å². The Balaban J connectivity index is 1.56. The molecule has 1 unspecified atom stereocenters. The standard InChI is InChI=1S/C20H25NO4/c1-3-16-6-4-5-9-21(16)19(22)13-25-20(23)11-15-12-24-18-10-14(2)7-8-17(15)18/h7-8,10,12,16H,3-6,9,11,13H2,1-2H3. The van der Waals surface area contributed by atoms with Crippen LogP contribution in [-0.4, -0.2) is 36.0 Å². The number of carbonyl (C=O) groups excluding carboxylic acids is 2. The highest BCUT2D eigenvalue weighted by molar-refractivity contribution is 5.87. The van der Waals surface area contributed by atoms with Crippen LogP contribution >= 0.6 is 0 Å². The Bertz CT molecular complexity index is 764. The van der Waals surface area contributed by atoms with Gasteiger partial charge in [-0.25, -0.2) is 0 Å². The van der Waals surface area contributed by atoms with Crippen molar-refractivity contribution in [2.45, 2.75) is 52.0 Å². The molecule has 1 aromatic carbocycles. The lowest BCUT2D eigenvalue weighted by Gasteiger charge is -2.35. The van der Waals surface area contributed by atoms with E-state index in [0.717, 1.165) is 54.3 Å². The molecule has 1 saturated heterocycles. The first kappa shape index (κ1) is 17.5. The third-order valence-electron chi connectivity index (χ3n) is 4.92. The minimum absolute atomic E-state index is 0.0902. The van der Waals surface area contributed by atoms with Crippen LogP contribution in [-0.2, 0) is 20.7 Å². The van der Waals surface area contributed by atoms with Gasteiger partial charge in [-0.2, -0.15) is 0 Å². The summed E-state index contributed by atoms with van der Waals surface area (Å²) in [5.41, 5.74) is 2.66. The Morgan fingerprint density at radius 3 is 2.96 bits per heavy atom.